The van der Waals surface area contributed by atoms with Crippen molar-refractivity contribution in [2.45, 2.75) is 25.0 Å². The van der Waals surface area contributed by atoms with E-state index in [1.807, 2.05) is 19.0 Å². The van der Waals surface area contributed by atoms with Gasteiger partial charge in [-0.15, -0.1) is 11.3 Å². The summed E-state index contributed by atoms with van der Waals surface area (Å²) in [4.78, 5) is 20.2. The summed E-state index contributed by atoms with van der Waals surface area (Å²) in [5.41, 5.74) is 6.26. The third-order valence-electron chi connectivity index (χ3n) is 3.19. The second-order valence-corrected chi connectivity index (χ2v) is 6.10. The molecule has 1 aromatic rings. The van der Waals surface area contributed by atoms with Gasteiger partial charge in [-0.25, -0.2) is 4.98 Å². The number of likely N-dealkylation sites (tertiary alicyclic amines) is 1. The minimum absolute atomic E-state index is 0.00806. The molecule has 1 amide bonds. The summed E-state index contributed by atoms with van der Waals surface area (Å²) >= 11 is 1.34. The molecule has 0 aliphatic carbocycles. The van der Waals surface area contributed by atoms with Gasteiger partial charge in [-0.2, -0.15) is 0 Å². The van der Waals surface area contributed by atoms with Crippen LogP contribution in [0.5, 0.6) is 0 Å². The first kappa shape index (κ1) is 14.2. The van der Waals surface area contributed by atoms with Crippen LogP contribution in [0.25, 0.3) is 0 Å². The number of hydrogen-bond donors (Lipinski definition) is 2. The third kappa shape index (κ3) is 3.65. The van der Waals surface area contributed by atoms with Gasteiger partial charge in [0.2, 0.25) is 5.91 Å². The Kier molecular flexibility index (Phi) is 4.38. The molecule has 0 radical (unpaired) electrons. The molecule has 1 aliphatic rings. The zero-order valence-corrected chi connectivity index (χ0v) is 12.1. The predicted molar refractivity (Wildman–Crippen MR) is 74.9 cm³/mol. The van der Waals surface area contributed by atoms with Crippen LogP contribution in [0, 0.1) is 0 Å². The number of likely N-dealkylation sites (N-methyl/N-ethyl adjacent to an activating group) is 1. The zero-order chi connectivity index (χ0) is 14.0. The highest BCUT2D eigenvalue weighted by atomic mass is 32.1. The number of aromatic nitrogens is 1. The topological polar surface area (TPSA) is 82.7 Å². The molecule has 0 aromatic carbocycles. The van der Waals surface area contributed by atoms with Gasteiger partial charge in [0.1, 0.15) is 0 Å². The smallest absolute Gasteiger partial charge is 0.229 e. The summed E-state index contributed by atoms with van der Waals surface area (Å²) in [6, 6.07) is 0.0773. The number of anilines is 1. The summed E-state index contributed by atoms with van der Waals surface area (Å²) in [6.45, 7) is 1.18. The molecule has 2 atom stereocenters. The van der Waals surface area contributed by atoms with E-state index < -0.39 is 6.10 Å². The molecule has 0 spiro atoms. The van der Waals surface area contributed by atoms with Gasteiger partial charge in [0.15, 0.2) is 5.13 Å². The number of nitrogens with zero attached hydrogens (tertiary/aromatic N) is 3. The highest BCUT2D eigenvalue weighted by Crippen LogP contribution is 2.20. The van der Waals surface area contributed by atoms with E-state index in [1.165, 1.54) is 11.3 Å². The third-order valence-corrected chi connectivity index (χ3v) is 3.91. The Bertz CT molecular complexity index is 449. The fraction of sp³-hybridized carbons (Fsp3) is 0.667. The highest BCUT2D eigenvalue weighted by molar-refractivity contribution is 7.13. The number of carbonyl (C=O) groups excluding carboxylic acids is 1. The van der Waals surface area contributed by atoms with Gasteiger partial charge in [-0.05, 0) is 20.5 Å². The number of amides is 1. The molecule has 0 bridgehead atoms. The number of carbonyl (C=O) groups is 1. The molecule has 2 rings (SSSR count). The van der Waals surface area contributed by atoms with Crippen molar-refractivity contribution in [3.05, 3.63) is 11.1 Å². The quantitative estimate of drug-likeness (QED) is 0.799. The summed E-state index contributed by atoms with van der Waals surface area (Å²) in [5, 5.41) is 12.0. The van der Waals surface area contributed by atoms with Crippen molar-refractivity contribution in [3.8, 4) is 0 Å². The molecule has 106 valence electrons. The van der Waals surface area contributed by atoms with E-state index in [0.29, 0.717) is 23.8 Å². The maximum atomic E-state index is 12.3. The zero-order valence-electron chi connectivity index (χ0n) is 11.2. The van der Waals surface area contributed by atoms with Crippen LogP contribution in [0.2, 0.25) is 0 Å². The van der Waals surface area contributed by atoms with Crippen molar-refractivity contribution >= 4 is 22.4 Å². The fourth-order valence-electron chi connectivity index (χ4n) is 2.45. The molecule has 3 N–H and O–H groups in total. The normalized spacial score (nSPS) is 23.3. The highest BCUT2D eigenvalue weighted by Gasteiger charge is 2.34. The van der Waals surface area contributed by atoms with Crippen molar-refractivity contribution in [1.82, 2.24) is 14.8 Å². The van der Waals surface area contributed by atoms with Gasteiger partial charge in [-0.3, -0.25) is 4.79 Å². The van der Waals surface area contributed by atoms with Crippen molar-refractivity contribution in [2.24, 2.45) is 0 Å². The number of nitrogens with two attached hydrogens (primary N) is 1. The first-order valence-electron chi connectivity index (χ1n) is 6.28. The Morgan fingerprint density at radius 3 is 3.00 bits per heavy atom. The Balaban J connectivity index is 2.00. The molecule has 2 heterocycles. The number of thiazole rings is 1. The molecule has 0 saturated carbocycles. The molecule has 1 saturated heterocycles. The second kappa shape index (κ2) is 5.85. The molecule has 1 fully saturated rings. The molecule has 2 unspecified atom stereocenters. The van der Waals surface area contributed by atoms with Crippen molar-refractivity contribution in [2.75, 3.05) is 32.9 Å². The van der Waals surface area contributed by atoms with Crippen LogP contribution >= 0.6 is 11.3 Å². The van der Waals surface area contributed by atoms with Crippen molar-refractivity contribution in [3.63, 3.8) is 0 Å². The van der Waals surface area contributed by atoms with Crippen LogP contribution < -0.4 is 5.73 Å². The van der Waals surface area contributed by atoms with E-state index in [2.05, 4.69) is 4.98 Å². The molecular weight excluding hydrogens is 264 g/mol. The Morgan fingerprint density at radius 1 is 1.68 bits per heavy atom. The number of nitrogen functional groups attached to an aromatic ring is 1. The average molecular weight is 284 g/mol. The van der Waals surface area contributed by atoms with Gasteiger partial charge in [0, 0.05) is 24.5 Å². The lowest BCUT2D eigenvalue weighted by Gasteiger charge is -2.26. The molecular formula is C12H20N4O2S. The van der Waals surface area contributed by atoms with Crippen LogP contribution in [0.15, 0.2) is 5.38 Å². The van der Waals surface area contributed by atoms with Crippen molar-refractivity contribution < 1.29 is 9.90 Å². The van der Waals surface area contributed by atoms with Gasteiger partial charge in [0.25, 0.3) is 0 Å². The minimum Gasteiger partial charge on any atom is -0.391 e. The van der Waals surface area contributed by atoms with Gasteiger partial charge in [0.05, 0.1) is 18.2 Å². The maximum absolute atomic E-state index is 12.3. The van der Waals surface area contributed by atoms with Crippen LogP contribution in [0.4, 0.5) is 5.13 Å². The first-order chi connectivity index (χ1) is 8.95. The van der Waals surface area contributed by atoms with E-state index in [1.54, 1.807) is 10.3 Å². The number of hydrogen-bond acceptors (Lipinski definition) is 6. The molecule has 6 nitrogen and oxygen atoms in total. The lowest BCUT2D eigenvalue weighted by molar-refractivity contribution is -0.131. The Labute approximate surface area is 116 Å². The number of aliphatic hydroxyl groups excluding tert-OH is 1. The van der Waals surface area contributed by atoms with Gasteiger partial charge >= 0.3 is 0 Å². The summed E-state index contributed by atoms with van der Waals surface area (Å²) in [7, 11) is 3.93. The van der Waals surface area contributed by atoms with Crippen LogP contribution in [-0.2, 0) is 11.2 Å². The summed E-state index contributed by atoms with van der Waals surface area (Å²) in [5.74, 6) is 0.00806. The summed E-state index contributed by atoms with van der Waals surface area (Å²) < 4.78 is 0. The first-order valence-corrected chi connectivity index (χ1v) is 7.16. The number of aliphatic hydroxyl groups is 1. The second-order valence-electron chi connectivity index (χ2n) is 5.21. The predicted octanol–water partition coefficient (Wildman–Crippen LogP) is -0.209. The standard InChI is InChI=1S/C12H20N4O2S/c1-15(2)5-9-4-10(17)6-16(9)11(18)3-8-7-19-12(13)14-8/h7,9-10,17H,3-6H2,1-2H3,(H2,13,14). The van der Waals surface area contributed by atoms with E-state index in [9.17, 15) is 9.90 Å². The van der Waals surface area contributed by atoms with E-state index in [-0.39, 0.29) is 18.4 Å². The van der Waals surface area contributed by atoms with Crippen LogP contribution in [0.3, 0.4) is 0 Å². The van der Waals surface area contributed by atoms with E-state index >= 15 is 0 Å². The lowest BCUT2D eigenvalue weighted by Crippen LogP contribution is -2.42. The average Bonchev–Trinajstić information content (AvgIpc) is 2.84. The minimum atomic E-state index is -0.422. The molecule has 1 aliphatic heterocycles. The van der Waals surface area contributed by atoms with Gasteiger partial charge < -0.3 is 20.6 Å². The molecule has 7 heteroatoms. The fourth-order valence-corrected chi connectivity index (χ4v) is 3.02. The van der Waals surface area contributed by atoms with Crippen LogP contribution in [-0.4, -0.2) is 65.1 Å². The Hall–Kier alpha value is -1.18. The van der Waals surface area contributed by atoms with Crippen molar-refractivity contribution in [1.29, 1.82) is 0 Å². The number of rotatable bonds is 4. The lowest BCUT2D eigenvalue weighted by atomic mass is 10.2. The van der Waals surface area contributed by atoms with Gasteiger partial charge in [-0.1, -0.05) is 0 Å². The summed E-state index contributed by atoms with van der Waals surface area (Å²) in [6.07, 6.45) is 0.474. The maximum Gasteiger partial charge on any atom is 0.229 e. The molecule has 19 heavy (non-hydrogen) atoms. The SMILES string of the molecule is CN(C)CC1CC(O)CN1C(=O)Cc1csc(N)n1. The van der Waals surface area contributed by atoms with E-state index in [4.69, 9.17) is 5.73 Å². The monoisotopic (exact) mass is 284 g/mol. The number of β-amino-alcohol motifs (C(OH)–C–C–N with tert-alkyl or cyclic N) is 1. The van der Waals surface area contributed by atoms with E-state index in [0.717, 1.165) is 6.54 Å². The Morgan fingerprint density at radius 2 is 2.42 bits per heavy atom. The largest absolute Gasteiger partial charge is 0.391 e. The molecule has 1 aromatic heterocycles. The van der Waals surface area contributed by atoms with Crippen LogP contribution in [0.1, 0.15) is 12.1 Å².